The number of aryl methyl sites for hydroxylation is 1. The van der Waals surface area contributed by atoms with Crippen LogP contribution in [0.4, 0.5) is 30.4 Å². The SMILES string of the molecule is Cc1cc(S(=O)(=O)NC(C)C)ccc1Nc1cc(N2CCC[C@](C)(O)C2)c(C(F)(F)F)cn1. The van der Waals surface area contributed by atoms with Gasteiger partial charge < -0.3 is 15.3 Å². The van der Waals surface area contributed by atoms with E-state index in [1.54, 1.807) is 33.8 Å². The number of benzene rings is 1. The molecule has 0 unspecified atom stereocenters. The molecule has 1 aromatic heterocycles. The summed E-state index contributed by atoms with van der Waals surface area (Å²) in [5, 5.41) is 13.4. The van der Waals surface area contributed by atoms with Gasteiger partial charge in [0.05, 0.1) is 21.7 Å². The summed E-state index contributed by atoms with van der Waals surface area (Å²) in [6.45, 7) is 7.21. The molecular formula is C22H29F3N4O3S. The molecule has 0 spiro atoms. The Morgan fingerprint density at radius 1 is 1.24 bits per heavy atom. The average molecular weight is 487 g/mol. The topological polar surface area (TPSA) is 94.6 Å². The molecule has 33 heavy (non-hydrogen) atoms. The molecule has 0 radical (unpaired) electrons. The van der Waals surface area contributed by atoms with Crippen molar-refractivity contribution < 1.29 is 26.7 Å². The third-order valence-corrected chi connectivity index (χ3v) is 7.02. The van der Waals surface area contributed by atoms with E-state index in [1.807, 2.05) is 0 Å². The fourth-order valence-electron chi connectivity index (χ4n) is 3.88. The van der Waals surface area contributed by atoms with E-state index in [0.717, 1.165) is 6.20 Å². The largest absolute Gasteiger partial charge is 0.419 e. The van der Waals surface area contributed by atoms with Crippen LogP contribution in [0.25, 0.3) is 0 Å². The molecule has 1 fully saturated rings. The van der Waals surface area contributed by atoms with Crippen LogP contribution in [0.3, 0.4) is 0 Å². The zero-order chi connectivity index (χ0) is 24.6. The van der Waals surface area contributed by atoms with Crippen molar-refractivity contribution >= 4 is 27.2 Å². The Hall–Kier alpha value is -2.37. The molecule has 3 rings (SSSR count). The van der Waals surface area contributed by atoms with E-state index in [4.69, 9.17) is 0 Å². The molecule has 1 aliphatic heterocycles. The highest BCUT2D eigenvalue weighted by atomic mass is 32.2. The fraction of sp³-hybridized carbons (Fsp3) is 0.500. The maximum Gasteiger partial charge on any atom is 0.419 e. The zero-order valence-corrected chi connectivity index (χ0v) is 19.8. The van der Waals surface area contributed by atoms with Crippen LogP contribution in [-0.4, -0.2) is 43.2 Å². The number of piperidine rings is 1. The minimum absolute atomic E-state index is 0.0574. The molecule has 2 heterocycles. The minimum atomic E-state index is -4.60. The van der Waals surface area contributed by atoms with Crippen LogP contribution >= 0.6 is 0 Å². The van der Waals surface area contributed by atoms with E-state index < -0.39 is 27.4 Å². The Labute approximate surface area is 192 Å². The number of nitrogens with zero attached hydrogens (tertiary/aromatic N) is 2. The number of β-amino-alcohol motifs (C(OH)–C–C–N with tert-alkyl or cyclic N) is 1. The molecule has 7 nitrogen and oxygen atoms in total. The summed E-state index contributed by atoms with van der Waals surface area (Å²) >= 11 is 0. The van der Waals surface area contributed by atoms with Crippen molar-refractivity contribution in [2.75, 3.05) is 23.3 Å². The van der Waals surface area contributed by atoms with Gasteiger partial charge in [0.1, 0.15) is 5.82 Å². The summed E-state index contributed by atoms with van der Waals surface area (Å²) in [5.74, 6) is 0.183. The standard InChI is InChI=1S/C22H29F3N4O3S/c1-14(2)28-33(31,32)16-6-7-18(15(3)10-16)27-20-11-19(17(12-26-20)22(23,24)25)29-9-5-8-21(4,30)13-29/h6-7,10-12,14,28,30H,5,8-9,13H2,1-4H3,(H,26,27)/t21-/m0/s1. The van der Waals surface area contributed by atoms with E-state index in [2.05, 4.69) is 15.0 Å². The van der Waals surface area contributed by atoms with Crippen LogP contribution in [0.2, 0.25) is 0 Å². The lowest BCUT2D eigenvalue weighted by Crippen LogP contribution is -2.46. The second-order valence-corrected chi connectivity index (χ2v) is 10.7. The Kier molecular flexibility index (Phi) is 6.97. The number of hydrogen-bond acceptors (Lipinski definition) is 6. The lowest BCUT2D eigenvalue weighted by Gasteiger charge is -2.39. The molecule has 3 N–H and O–H groups in total. The first-order valence-electron chi connectivity index (χ1n) is 10.6. The molecule has 1 saturated heterocycles. The molecule has 2 aromatic rings. The molecule has 0 aliphatic carbocycles. The van der Waals surface area contributed by atoms with E-state index in [1.165, 1.54) is 23.1 Å². The molecule has 0 bridgehead atoms. The van der Waals surface area contributed by atoms with Crippen LogP contribution in [0.15, 0.2) is 35.4 Å². The summed E-state index contributed by atoms with van der Waals surface area (Å²) in [6.07, 6.45) is -2.74. The molecular weight excluding hydrogens is 457 g/mol. The maximum atomic E-state index is 13.7. The zero-order valence-electron chi connectivity index (χ0n) is 19.0. The first kappa shape index (κ1) is 25.3. The first-order chi connectivity index (χ1) is 15.2. The molecule has 11 heteroatoms. The smallest absolute Gasteiger partial charge is 0.388 e. The molecule has 182 valence electrons. The van der Waals surface area contributed by atoms with Crippen molar-refractivity contribution in [1.29, 1.82) is 0 Å². The summed E-state index contributed by atoms with van der Waals surface area (Å²) in [5.41, 5.74) is -0.908. The van der Waals surface area contributed by atoms with E-state index >= 15 is 0 Å². The number of alkyl halides is 3. The summed E-state index contributed by atoms with van der Waals surface area (Å²) < 4.78 is 68.3. The van der Waals surface area contributed by atoms with Crippen LogP contribution in [0.1, 0.15) is 44.7 Å². The van der Waals surface area contributed by atoms with Crippen molar-refractivity contribution in [2.45, 2.75) is 63.3 Å². The number of halogens is 3. The predicted octanol–water partition coefficient (Wildman–Crippen LogP) is 4.19. The van der Waals surface area contributed by atoms with Gasteiger partial charge in [0.25, 0.3) is 0 Å². The number of rotatable bonds is 6. The van der Waals surface area contributed by atoms with Gasteiger partial charge in [-0.15, -0.1) is 0 Å². The second-order valence-electron chi connectivity index (χ2n) is 8.98. The number of pyridine rings is 1. The summed E-state index contributed by atoms with van der Waals surface area (Å²) in [6, 6.07) is 5.51. The second kappa shape index (κ2) is 9.11. The Morgan fingerprint density at radius 2 is 1.94 bits per heavy atom. The van der Waals surface area contributed by atoms with Crippen molar-refractivity contribution in [1.82, 2.24) is 9.71 Å². The predicted molar refractivity (Wildman–Crippen MR) is 121 cm³/mol. The normalized spacial score (nSPS) is 19.7. The fourth-order valence-corrected chi connectivity index (χ4v) is 5.21. The van der Waals surface area contributed by atoms with Gasteiger partial charge in [0.15, 0.2) is 0 Å². The van der Waals surface area contributed by atoms with Crippen LogP contribution < -0.4 is 14.9 Å². The average Bonchev–Trinajstić information content (AvgIpc) is 2.67. The minimum Gasteiger partial charge on any atom is -0.388 e. The lowest BCUT2D eigenvalue weighted by molar-refractivity contribution is -0.137. The van der Waals surface area contributed by atoms with Crippen molar-refractivity contribution in [3.63, 3.8) is 0 Å². The number of aromatic nitrogens is 1. The van der Waals surface area contributed by atoms with Gasteiger partial charge in [-0.2, -0.15) is 13.2 Å². The lowest BCUT2D eigenvalue weighted by atomic mass is 9.94. The van der Waals surface area contributed by atoms with E-state index in [-0.39, 0.29) is 29.0 Å². The van der Waals surface area contributed by atoms with Crippen LogP contribution in [0.5, 0.6) is 0 Å². The van der Waals surface area contributed by atoms with Gasteiger partial charge in [-0.1, -0.05) is 0 Å². The van der Waals surface area contributed by atoms with E-state index in [9.17, 15) is 26.7 Å². The molecule has 0 saturated carbocycles. The Balaban J connectivity index is 1.93. The van der Waals surface area contributed by atoms with Crippen molar-refractivity contribution in [3.05, 3.63) is 41.6 Å². The number of anilines is 3. The van der Waals surface area contributed by atoms with Gasteiger partial charge in [0.2, 0.25) is 10.0 Å². The summed E-state index contributed by atoms with van der Waals surface area (Å²) in [7, 11) is -3.67. The summed E-state index contributed by atoms with van der Waals surface area (Å²) in [4.78, 5) is 5.55. The van der Waals surface area contributed by atoms with Gasteiger partial charge in [-0.25, -0.2) is 18.1 Å². The third kappa shape index (κ3) is 6.15. The third-order valence-electron chi connectivity index (χ3n) is 5.36. The van der Waals surface area contributed by atoms with Gasteiger partial charge in [-0.3, -0.25) is 0 Å². The molecule has 1 aromatic carbocycles. The van der Waals surface area contributed by atoms with E-state index in [0.29, 0.717) is 30.6 Å². The van der Waals surface area contributed by atoms with Crippen LogP contribution in [-0.2, 0) is 16.2 Å². The number of hydrogen-bond donors (Lipinski definition) is 3. The first-order valence-corrected chi connectivity index (χ1v) is 12.1. The highest BCUT2D eigenvalue weighted by Gasteiger charge is 2.38. The van der Waals surface area contributed by atoms with Gasteiger partial charge >= 0.3 is 6.18 Å². The number of aliphatic hydroxyl groups is 1. The Bertz CT molecular complexity index is 1120. The molecule has 0 amide bonds. The molecule has 1 aliphatic rings. The number of nitrogens with one attached hydrogen (secondary N) is 2. The van der Waals surface area contributed by atoms with Crippen LogP contribution in [0, 0.1) is 6.92 Å². The van der Waals surface area contributed by atoms with Gasteiger partial charge in [0, 0.05) is 37.1 Å². The van der Waals surface area contributed by atoms with Crippen molar-refractivity contribution in [2.24, 2.45) is 0 Å². The quantitative estimate of drug-likeness (QED) is 0.567. The highest BCUT2D eigenvalue weighted by molar-refractivity contribution is 7.89. The Morgan fingerprint density at radius 3 is 2.52 bits per heavy atom. The van der Waals surface area contributed by atoms with Gasteiger partial charge in [-0.05, 0) is 64.3 Å². The van der Waals surface area contributed by atoms with Crippen molar-refractivity contribution in [3.8, 4) is 0 Å². The highest BCUT2D eigenvalue weighted by Crippen LogP contribution is 2.39. The monoisotopic (exact) mass is 486 g/mol. The maximum absolute atomic E-state index is 13.7. The molecule has 1 atom stereocenters. The number of sulfonamides is 1.